The van der Waals surface area contributed by atoms with Crippen LogP contribution >= 0.6 is 27.5 Å². The van der Waals surface area contributed by atoms with Gasteiger partial charge in [0, 0.05) is 10.4 Å². The van der Waals surface area contributed by atoms with Crippen LogP contribution in [0.15, 0.2) is 16.6 Å². The fraction of sp³-hybridized carbons (Fsp3) is 0.444. The molecule has 1 aromatic rings. The van der Waals surface area contributed by atoms with Gasteiger partial charge < -0.3 is 5.11 Å². The van der Waals surface area contributed by atoms with Crippen LogP contribution in [0.1, 0.15) is 25.0 Å². The fourth-order valence-electron chi connectivity index (χ4n) is 1.13. The summed E-state index contributed by atoms with van der Waals surface area (Å²) >= 11 is 9.14. The minimum atomic E-state index is 0.0630. The Labute approximate surface area is 91.1 Å². The van der Waals surface area contributed by atoms with Gasteiger partial charge in [-0.2, -0.15) is 0 Å². The third-order valence-electron chi connectivity index (χ3n) is 1.94. The standard InChI is InChI=1S/C9H11BrClNO/c1-2-6(5-13)9-7(10)3-4-8(11)12-9/h3-4,6,13H,2,5H2,1H3. The van der Waals surface area contributed by atoms with Crippen molar-refractivity contribution in [1.29, 1.82) is 0 Å². The van der Waals surface area contributed by atoms with Gasteiger partial charge in [0.15, 0.2) is 0 Å². The summed E-state index contributed by atoms with van der Waals surface area (Å²) in [5, 5.41) is 9.55. The maximum absolute atomic E-state index is 9.09. The predicted octanol–water partition coefficient (Wildman–Crippen LogP) is 2.98. The molecule has 0 amide bonds. The molecule has 0 radical (unpaired) electrons. The molecule has 0 aliphatic rings. The highest BCUT2D eigenvalue weighted by atomic mass is 79.9. The van der Waals surface area contributed by atoms with Crippen LogP contribution in [-0.4, -0.2) is 16.7 Å². The van der Waals surface area contributed by atoms with Gasteiger partial charge in [-0.05, 0) is 34.5 Å². The van der Waals surface area contributed by atoms with Gasteiger partial charge in [0.2, 0.25) is 0 Å². The molecular weight excluding hydrogens is 253 g/mol. The Balaban J connectivity index is 3.03. The van der Waals surface area contributed by atoms with E-state index in [1.807, 2.05) is 13.0 Å². The molecule has 13 heavy (non-hydrogen) atoms. The highest BCUT2D eigenvalue weighted by molar-refractivity contribution is 9.10. The van der Waals surface area contributed by atoms with Gasteiger partial charge in [0.1, 0.15) is 5.15 Å². The largest absolute Gasteiger partial charge is 0.396 e. The number of pyridine rings is 1. The van der Waals surface area contributed by atoms with Crippen LogP contribution in [0, 0.1) is 0 Å². The van der Waals surface area contributed by atoms with E-state index in [1.54, 1.807) is 6.07 Å². The van der Waals surface area contributed by atoms with Crippen molar-refractivity contribution in [3.05, 3.63) is 27.5 Å². The molecule has 1 N–H and O–H groups in total. The lowest BCUT2D eigenvalue weighted by molar-refractivity contribution is 0.259. The summed E-state index contributed by atoms with van der Waals surface area (Å²) in [5.41, 5.74) is 0.831. The van der Waals surface area contributed by atoms with Gasteiger partial charge in [-0.3, -0.25) is 0 Å². The van der Waals surface area contributed by atoms with Crippen molar-refractivity contribution in [2.24, 2.45) is 0 Å². The Bertz CT molecular complexity index is 289. The summed E-state index contributed by atoms with van der Waals surface area (Å²) in [6.07, 6.45) is 0.850. The van der Waals surface area contributed by atoms with Gasteiger partial charge >= 0.3 is 0 Å². The number of hydrogen-bond acceptors (Lipinski definition) is 2. The second kappa shape index (κ2) is 4.94. The third-order valence-corrected chi connectivity index (χ3v) is 2.82. The number of rotatable bonds is 3. The number of aliphatic hydroxyl groups is 1. The Hall–Kier alpha value is -0.120. The Morgan fingerprint density at radius 1 is 1.62 bits per heavy atom. The highest BCUT2D eigenvalue weighted by Gasteiger charge is 2.13. The van der Waals surface area contributed by atoms with Crippen LogP contribution in [0.2, 0.25) is 5.15 Å². The zero-order valence-corrected chi connectivity index (χ0v) is 9.64. The van der Waals surface area contributed by atoms with Crippen molar-refractivity contribution in [1.82, 2.24) is 4.98 Å². The summed E-state index contributed by atoms with van der Waals surface area (Å²) in [4.78, 5) is 4.17. The van der Waals surface area contributed by atoms with Gasteiger partial charge in [-0.1, -0.05) is 18.5 Å². The molecule has 0 saturated heterocycles. The quantitative estimate of drug-likeness (QED) is 0.852. The van der Waals surface area contributed by atoms with E-state index in [0.29, 0.717) is 5.15 Å². The van der Waals surface area contributed by atoms with Crippen molar-refractivity contribution in [3.63, 3.8) is 0 Å². The Morgan fingerprint density at radius 3 is 2.85 bits per heavy atom. The summed E-state index contributed by atoms with van der Waals surface area (Å²) in [6, 6.07) is 3.57. The normalized spacial score (nSPS) is 12.9. The van der Waals surface area contributed by atoms with Crippen molar-refractivity contribution in [2.75, 3.05) is 6.61 Å². The van der Waals surface area contributed by atoms with Crippen LogP contribution in [0.3, 0.4) is 0 Å². The average Bonchev–Trinajstić information content (AvgIpc) is 2.13. The van der Waals surface area contributed by atoms with E-state index in [1.165, 1.54) is 0 Å². The van der Waals surface area contributed by atoms with E-state index in [2.05, 4.69) is 20.9 Å². The second-order valence-corrected chi connectivity index (χ2v) is 4.03. The lowest BCUT2D eigenvalue weighted by atomic mass is 10.0. The molecule has 0 spiro atoms. The molecule has 1 heterocycles. The molecule has 4 heteroatoms. The molecule has 2 nitrogen and oxygen atoms in total. The van der Waals surface area contributed by atoms with E-state index in [4.69, 9.17) is 16.7 Å². The summed E-state index contributed by atoms with van der Waals surface area (Å²) in [5.74, 6) is 0.0630. The molecule has 1 rings (SSSR count). The van der Waals surface area contributed by atoms with Gasteiger partial charge in [0.05, 0.1) is 12.3 Å². The van der Waals surface area contributed by atoms with E-state index < -0.39 is 0 Å². The number of halogens is 2. The SMILES string of the molecule is CCC(CO)c1nc(Cl)ccc1Br. The number of hydrogen-bond donors (Lipinski definition) is 1. The predicted molar refractivity (Wildman–Crippen MR) is 57.1 cm³/mol. The van der Waals surface area contributed by atoms with Crippen molar-refractivity contribution in [3.8, 4) is 0 Å². The first-order valence-electron chi connectivity index (χ1n) is 4.11. The zero-order valence-electron chi connectivity index (χ0n) is 7.30. The lowest BCUT2D eigenvalue weighted by Crippen LogP contribution is -2.06. The van der Waals surface area contributed by atoms with Crippen molar-refractivity contribution < 1.29 is 5.11 Å². The van der Waals surface area contributed by atoms with Crippen LogP contribution in [-0.2, 0) is 0 Å². The number of aliphatic hydroxyl groups excluding tert-OH is 1. The number of nitrogens with zero attached hydrogens (tertiary/aromatic N) is 1. The molecule has 0 bridgehead atoms. The van der Waals surface area contributed by atoms with E-state index in [0.717, 1.165) is 16.6 Å². The smallest absolute Gasteiger partial charge is 0.129 e. The molecule has 0 aliphatic carbocycles. The Morgan fingerprint density at radius 2 is 2.31 bits per heavy atom. The monoisotopic (exact) mass is 263 g/mol. The third kappa shape index (κ3) is 2.66. The minimum absolute atomic E-state index is 0.0630. The van der Waals surface area contributed by atoms with Crippen LogP contribution in [0.5, 0.6) is 0 Å². The highest BCUT2D eigenvalue weighted by Crippen LogP contribution is 2.26. The summed E-state index contributed by atoms with van der Waals surface area (Å²) in [7, 11) is 0. The molecule has 0 saturated carbocycles. The lowest BCUT2D eigenvalue weighted by Gasteiger charge is -2.12. The first-order chi connectivity index (χ1) is 6.19. The first kappa shape index (κ1) is 11.0. The minimum Gasteiger partial charge on any atom is -0.396 e. The molecule has 0 aliphatic heterocycles. The van der Waals surface area contributed by atoms with Crippen LogP contribution in [0.25, 0.3) is 0 Å². The van der Waals surface area contributed by atoms with Crippen LogP contribution in [0.4, 0.5) is 0 Å². The number of aromatic nitrogens is 1. The van der Waals surface area contributed by atoms with Gasteiger partial charge in [-0.25, -0.2) is 4.98 Å². The topological polar surface area (TPSA) is 33.1 Å². The molecule has 1 unspecified atom stereocenters. The van der Waals surface area contributed by atoms with Crippen LogP contribution < -0.4 is 0 Å². The van der Waals surface area contributed by atoms with Gasteiger partial charge in [0.25, 0.3) is 0 Å². The average molecular weight is 265 g/mol. The van der Waals surface area contributed by atoms with E-state index in [9.17, 15) is 0 Å². The Kier molecular flexibility index (Phi) is 4.16. The fourth-order valence-corrected chi connectivity index (χ4v) is 1.83. The maximum atomic E-state index is 9.09. The zero-order chi connectivity index (χ0) is 9.84. The second-order valence-electron chi connectivity index (χ2n) is 2.79. The van der Waals surface area contributed by atoms with Crippen molar-refractivity contribution >= 4 is 27.5 Å². The molecule has 1 aromatic heterocycles. The van der Waals surface area contributed by atoms with E-state index >= 15 is 0 Å². The maximum Gasteiger partial charge on any atom is 0.129 e. The summed E-state index contributed by atoms with van der Waals surface area (Å²) in [6.45, 7) is 2.11. The van der Waals surface area contributed by atoms with Crippen molar-refractivity contribution in [2.45, 2.75) is 19.3 Å². The molecule has 0 aromatic carbocycles. The van der Waals surface area contributed by atoms with E-state index in [-0.39, 0.29) is 12.5 Å². The molecule has 0 fully saturated rings. The molecule has 1 atom stereocenters. The molecule has 72 valence electrons. The summed E-state index contributed by atoms with van der Waals surface area (Å²) < 4.78 is 0.901. The first-order valence-corrected chi connectivity index (χ1v) is 5.29. The molecular formula is C9H11BrClNO. The van der Waals surface area contributed by atoms with Gasteiger partial charge in [-0.15, -0.1) is 0 Å².